The van der Waals surface area contributed by atoms with Crippen LogP contribution in [-0.4, -0.2) is 21.4 Å². The van der Waals surface area contributed by atoms with Gasteiger partial charge in [0.2, 0.25) is 5.13 Å². The second-order valence-electron chi connectivity index (χ2n) is 3.56. The van der Waals surface area contributed by atoms with Crippen molar-refractivity contribution in [2.75, 3.05) is 11.9 Å². The molecule has 13 heavy (non-hydrogen) atoms. The van der Waals surface area contributed by atoms with Gasteiger partial charge in [-0.1, -0.05) is 12.8 Å². The Labute approximate surface area is 81.7 Å². The first-order valence-corrected chi connectivity index (χ1v) is 5.37. The Bertz CT molecular complexity index is 253. The van der Waals surface area contributed by atoms with Gasteiger partial charge < -0.3 is 11.1 Å². The van der Waals surface area contributed by atoms with Crippen LogP contribution in [0.3, 0.4) is 0 Å². The van der Waals surface area contributed by atoms with E-state index in [1.807, 2.05) is 0 Å². The van der Waals surface area contributed by atoms with Gasteiger partial charge in [-0.2, -0.15) is 4.37 Å². The maximum Gasteiger partial charge on any atom is 0.202 e. The monoisotopic (exact) mass is 198 g/mol. The molecule has 1 heterocycles. The molecule has 0 aromatic carbocycles. The van der Waals surface area contributed by atoms with Crippen molar-refractivity contribution in [1.29, 1.82) is 0 Å². The first-order chi connectivity index (χ1) is 6.35. The van der Waals surface area contributed by atoms with Crippen molar-refractivity contribution in [2.24, 2.45) is 5.73 Å². The zero-order valence-electron chi connectivity index (χ0n) is 7.49. The number of nitrogens with zero attached hydrogens (tertiary/aromatic N) is 2. The molecule has 1 aromatic heterocycles. The molecule has 0 atom stereocenters. The van der Waals surface area contributed by atoms with Gasteiger partial charge in [0.1, 0.15) is 6.33 Å². The SMILES string of the molecule is NCC1(Nc2ncns2)CCCC1. The zero-order chi connectivity index (χ0) is 9.15. The predicted molar refractivity (Wildman–Crippen MR) is 53.8 cm³/mol. The van der Waals surface area contributed by atoms with Gasteiger partial charge in [-0.05, 0) is 12.8 Å². The van der Waals surface area contributed by atoms with Crippen LogP contribution in [0.5, 0.6) is 0 Å². The molecule has 0 amide bonds. The van der Waals surface area contributed by atoms with Crippen molar-refractivity contribution < 1.29 is 0 Å². The summed E-state index contributed by atoms with van der Waals surface area (Å²) in [5.41, 5.74) is 5.88. The smallest absolute Gasteiger partial charge is 0.202 e. The number of nitrogens with one attached hydrogen (secondary N) is 1. The van der Waals surface area contributed by atoms with Gasteiger partial charge in [0.25, 0.3) is 0 Å². The molecule has 0 aliphatic heterocycles. The second-order valence-corrected chi connectivity index (χ2v) is 4.34. The molecule has 72 valence electrons. The van der Waals surface area contributed by atoms with E-state index in [4.69, 9.17) is 5.73 Å². The molecule has 1 aromatic rings. The summed E-state index contributed by atoms with van der Waals surface area (Å²) in [5.74, 6) is 0. The van der Waals surface area contributed by atoms with E-state index in [0.717, 1.165) is 18.0 Å². The summed E-state index contributed by atoms with van der Waals surface area (Å²) in [6.07, 6.45) is 6.42. The summed E-state index contributed by atoms with van der Waals surface area (Å²) < 4.78 is 3.96. The topological polar surface area (TPSA) is 63.8 Å². The normalized spacial score (nSPS) is 20.4. The molecule has 0 bridgehead atoms. The van der Waals surface area contributed by atoms with E-state index in [9.17, 15) is 0 Å². The van der Waals surface area contributed by atoms with Gasteiger partial charge >= 0.3 is 0 Å². The molecule has 1 aliphatic rings. The van der Waals surface area contributed by atoms with Crippen LogP contribution in [0.1, 0.15) is 25.7 Å². The summed E-state index contributed by atoms with van der Waals surface area (Å²) >= 11 is 1.40. The van der Waals surface area contributed by atoms with Crippen LogP contribution < -0.4 is 11.1 Å². The third-order valence-corrected chi connectivity index (χ3v) is 3.26. The van der Waals surface area contributed by atoms with E-state index in [-0.39, 0.29) is 5.54 Å². The molecule has 1 saturated carbocycles. The highest BCUT2D eigenvalue weighted by Crippen LogP contribution is 2.32. The predicted octanol–water partition coefficient (Wildman–Crippen LogP) is 1.22. The lowest BCUT2D eigenvalue weighted by molar-refractivity contribution is 0.493. The Kier molecular flexibility index (Phi) is 2.46. The number of hydrogen-bond donors (Lipinski definition) is 2. The largest absolute Gasteiger partial charge is 0.354 e. The van der Waals surface area contributed by atoms with Gasteiger partial charge in [-0.25, -0.2) is 4.98 Å². The maximum absolute atomic E-state index is 5.78. The van der Waals surface area contributed by atoms with E-state index in [2.05, 4.69) is 14.7 Å². The van der Waals surface area contributed by atoms with E-state index < -0.39 is 0 Å². The molecule has 0 saturated heterocycles. The number of anilines is 1. The molecule has 2 rings (SSSR count). The maximum atomic E-state index is 5.78. The zero-order valence-corrected chi connectivity index (χ0v) is 8.31. The molecule has 5 heteroatoms. The molecular formula is C8H14N4S. The van der Waals surface area contributed by atoms with Crippen molar-refractivity contribution in [1.82, 2.24) is 9.36 Å². The summed E-state index contributed by atoms with van der Waals surface area (Å²) in [6, 6.07) is 0. The minimum atomic E-state index is 0.0968. The highest BCUT2D eigenvalue weighted by atomic mass is 32.1. The van der Waals surface area contributed by atoms with E-state index >= 15 is 0 Å². The molecule has 4 nitrogen and oxygen atoms in total. The molecule has 1 fully saturated rings. The van der Waals surface area contributed by atoms with Gasteiger partial charge in [-0.3, -0.25) is 0 Å². The molecule has 3 N–H and O–H groups in total. The van der Waals surface area contributed by atoms with Crippen LogP contribution in [0, 0.1) is 0 Å². The average Bonchev–Trinajstić information content (AvgIpc) is 2.77. The summed E-state index contributed by atoms with van der Waals surface area (Å²) in [6.45, 7) is 0.687. The van der Waals surface area contributed by atoms with E-state index in [1.165, 1.54) is 24.4 Å². The van der Waals surface area contributed by atoms with Crippen molar-refractivity contribution in [3.8, 4) is 0 Å². The first kappa shape index (κ1) is 8.90. The number of aromatic nitrogens is 2. The lowest BCUT2D eigenvalue weighted by atomic mass is 9.98. The number of rotatable bonds is 3. The van der Waals surface area contributed by atoms with Gasteiger partial charge in [-0.15, -0.1) is 0 Å². The Morgan fingerprint density at radius 1 is 1.54 bits per heavy atom. The van der Waals surface area contributed by atoms with Crippen LogP contribution in [0.4, 0.5) is 5.13 Å². The minimum Gasteiger partial charge on any atom is -0.354 e. The van der Waals surface area contributed by atoms with Crippen molar-refractivity contribution in [3.63, 3.8) is 0 Å². The highest BCUT2D eigenvalue weighted by molar-refractivity contribution is 7.09. The Balaban J connectivity index is 2.06. The summed E-state index contributed by atoms with van der Waals surface area (Å²) in [4.78, 5) is 4.11. The second kappa shape index (κ2) is 3.59. The average molecular weight is 198 g/mol. The van der Waals surface area contributed by atoms with E-state index in [0.29, 0.717) is 6.54 Å². The molecule has 0 radical (unpaired) electrons. The van der Waals surface area contributed by atoms with Crippen LogP contribution in [0.15, 0.2) is 6.33 Å². The first-order valence-electron chi connectivity index (χ1n) is 4.60. The lowest BCUT2D eigenvalue weighted by Crippen LogP contribution is -2.42. The Morgan fingerprint density at radius 3 is 2.85 bits per heavy atom. The molecule has 1 aliphatic carbocycles. The Morgan fingerprint density at radius 2 is 2.31 bits per heavy atom. The lowest BCUT2D eigenvalue weighted by Gasteiger charge is -2.27. The fourth-order valence-corrected chi connectivity index (χ4v) is 2.44. The minimum absolute atomic E-state index is 0.0968. The number of hydrogen-bond acceptors (Lipinski definition) is 5. The van der Waals surface area contributed by atoms with Crippen molar-refractivity contribution in [2.45, 2.75) is 31.2 Å². The van der Waals surface area contributed by atoms with Gasteiger partial charge in [0.05, 0.1) is 5.54 Å². The fraction of sp³-hybridized carbons (Fsp3) is 0.750. The molecule has 0 unspecified atom stereocenters. The third kappa shape index (κ3) is 1.81. The van der Waals surface area contributed by atoms with Gasteiger partial charge in [0, 0.05) is 18.1 Å². The summed E-state index contributed by atoms with van der Waals surface area (Å²) in [7, 11) is 0. The fourth-order valence-electron chi connectivity index (χ4n) is 1.89. The number of nitrogens with two attached hydrogens (primary N) is 1. The molecular weight excluding hydrogens is 184 g/mol. The van der Waals surface area contributed by atoms with E-state index in [1.54, 1.807) is 6.33 Å². The van der Waals surface area contributed by atoms with Gasteiger partial charge in [0.15, 0.2) is 0 Å². The molecule has 0 spiro atoms. The quantitative estimate of drug-likeness (QED) is 0.766. The van der Waals surface area contributed by atoms with Crippen LogP contribution in [0.2, 0.25) is 0 Å². The van der Waals surface area contributed by atoms with Crippen molar-refractivity contribution >= 4 is 16.7 Å². The standard InChI is InChI=1S/C8H14N4S/c9-5-8(3-1-2-4-8)12-7-10-6-11-13-7/h6H,1-5,9H2,(H,10,11,12). The van der Waals surface area contributed by atoms with Crippen LogP contribution in [0.25, 0.3) is 0 Å². The van der Waals surface area contributed by atoms with Crippen LogP contribution >= 0.6 is 11.5 Å². The Hall–Kier alpha value is -0.680. The van der Waals surface area contributed by atoms with Crippen molar-refractivity contribution in [3.05, 3.63) is 6.33 Å². The van der Waals surface area contributed by atoms with Crippen LogP contribution in [-0.2, 0) is 0 Å². The third-order valence-electron chi connectivity index (χ3n) is 2.68. The summed E-state index contributed by atoms with van der Waals surface area (Å²) in [5, 5.41) is 4.30. The highest BCUT2D eigenvalue weighted by Gasteiger charge is 2.32.